The van der Waals surface area contributed by atoms with E-state index in [2.05, 4.69) is 54.7 Å². The number of aryl methyl sites for hydroxylation is 1. The van der Waals surface area contributed by atoms with E-state index >= 15 is 0 Å². The molecule has 1 atom stereocenters. The molecule has 0 bridgehead atoms. The molecule has 164 valence electrons. The standard InChI is InChI=1S/C23H27N2O2P.C2H6.2H2/c1-18-9-11-19(12-10-18)22-14-13-21(17-24-15-6-16-28(2,26)27)25-23(22)20-7-4-3-5-8-20;1-2;;/h3-5,7-14,24H,6,15-17H2,1-2H3,(H,26,27);1-2H3;2*1H. The van der Waals surface area contributed by atoms with E-state index in [1.807, 2.05) is 38.1 Å². The van der Waals surface area contributed by atoms with Crippen LogP contribution in [0.2, 0.25) is 0 Å². The molecule has 4 nitrogen and oxygen atoms in total. The lowest BCUT2D eigenvalue weighted by Gasteiger charge is -2.13. The van der Waals surface area contributed by atoms with Gasteiger partial charge in [0.25, 0.3) is 0 Å². The Morgan fingerprint density at radius 3 is 2.27 bits per heavy atom. The molecular weight excluding hydrogens is 391 g/mol. The Morgan fingerprint density at radius 2 is 1.63 bits per heavy atom. The zero-order valence-electron chi connectivity index (χ0n) is 18.4. The summed E-state index contributed by atoms with van der Waals surface area (Å²) >= 11 is 0. The van der Waals surface area contributed by atoms with Crippen molar-refractivity contribution in [3.05, 3.63) is 78.0 Å². The molecule has 1 heterocycles. The van der Waals surface area contributed by atoms with E-state index in [4.69, 9.17) is 4.98 Å². The number of rotatable bonds is 8. The van der Waals surface area contributed by atoms with Crippen LogP contribution in [0, 0.1) is 6.92 Å². The molecule has 0 fully saturated rings. The first-order valence-electron chi connectivity index (χ1n) is 10.5. The summed E-state index contributed by atoms with van der Waals surface area (Å²) in [6.07, 6.45) is 1.02. The molecule has 1 aromatic heterocycles. The highest BCUT2D eigenvalue weighted by atomic mass is 31.2. The summed E-state index contributed by atoms with van der Waals surface area (Å²) in [6, 6.07) is 22.9. The van der Waals surface area contributed by atoms with Crippen molar-refractivity contribution >= 4 is 7.37 Å². The Morgan fingerprint density at radius 1 is 0.967 bits per heavy atom. The van der Waals surface area contributed by atoms with Gasteiger partial charge in [-0.05, 0) is 31.5 Å². The van der Waals surface area contributed by atoms with Crippen molar-refractivity contribution in [1.29, 1.82) is 0 Å². The van der Waals surface area contributed by atoms with Gasteiger partial charge in [0.2, 0.25) is 0 Å². The Hall–Kier alpha value is -2.26. The van der Waals surface area contributed by atoms with Gasteiger partial charge in [-0.1, -0.05) is 80.1 Å². The normalized spacial score (nSPS) is 12.6. The number of nitrogens with zero attached hydrogens (tertiary/aromatic N) is 1. The van der Waals surface area contributed by atoms with Gasteiger partial charge in [-0.2, -0.15) is 0 Å². The van der Waals surface area contributed by atoms with Crippen molar-refractivity contribution in [2.75, 3.05) is 19.4 Å². The highest BCUT2D eigenvalue weighted by Crippen LogP contribution is 2.35. The molecule has 2 N–H and O–H groups in total. The average Bonchev–Trinajstić information content (AvgIpc) is 2.75. The van der Waals surface area contributed by atoms with Crippen LogP contribution in [0.4, 0.5) is 0 Å². The zero-order chi connectivity index (χ0) is 22.0. The highest BCUT2D eigenvalue weighted by molar-refractivity contribution is 7.57. The number of hydrogen-bond donors (Lipinski definition) is 2. The number of nitrogens with one attached hydrogen (secondary N) is 1. The Kier molecular flexibility index (Phi) is 9.45. The second kappa shape index (κ2) is 11.8. The minimum atomic E-state index is -2.93. The van der Waals surface area contributed by atoms with Crippen LogP contribution in [-0.4, -0.2) is 29.2 Å². The maximum Gasteiger partial charge on any atom is 0.197 e. The lowest BCUT2D eigenvalue weighted by Crippen LogP contribution is -2.16. The molecule has 0 spiro atoms. The first kappa shape index (κ1) is 24.0. The first-order chi connectivity index (χ1) is 14.4. The molecule has 0 aliphatic heterocycles. The summed E-state index contributed by atoms with van der Waals surface area (Å²) in [5.41, 5.74) is 6.52. The molecule has 0 aliphatic rings. The zero-order valence-corrected chi connectivity index (χ0v) is 19.3. The summed E-state index contributed by atoms with van der Waals surface area (Å²) in [5, 5.41) is 3.32. The van der Waals surface area contributed by atoms with Gasteiger partial charge < -0.3 is 10.2 Å². The lowest BCUT2D eigenvalue weighted by atomic mass is 9.98. The smallest absolute Gasteiger partial charge is 0.197 e. The van der Waals surface area contributed by atoms with Crippen molar-refractivity contribution in [3.8, 4) is 22.4 Å². The van der Waals surface area contributed by atoms with Crippen molar-refractivity contribution in [2.24, 2.45) is 0 Å². The van der Waals surface area contributed by atoms with Crippen LogP contribution in [0.25, 0.3) is 22.4 Å². The lowest BCUT2D eigenvalue weighted by molar-refractivity contribution is 0.481. The van der Waals surface area contributed by atoms with Crippen LogP contribution in [0.5, 0.6) is 0 Å². The topological polar surface area (TPSA) is 62.2 Å². The SMILES string of the molecule is CC.Cc1ccc(-c2ccc(CNCCCP(C)(=O)O)nc2-c2ccccc2)cc1.[HH].[HH]. The van der Waals surface area contributed by atoms with E-state index in [1.165, 1.54) is 12.2 Å². The van der Waals surface area contributed by atoms with Gasteiger partial charge in [0.1, 0.15) is 0 Å². The molecule has 5 heteroatoms. The van der Waals surface area contributed by atoms with E-state index in [-0.39, 0.29) is 2.85 Å². The fourth-order valence-electron chi connectivity index (χ4n) is 3.09. The third-order valence-corrected chi connectivity index (χ3v) is 5.74. The third-order valence-electron chi connectivity index (χ3n) is 4.60. The van der Waals surface area contributed by atoms with Gasteiger partial charge in [0.05, 0.1) is 11.4 Å². The largest absolute Gasteiger partial charge is 0.344 e. The van der Waals surface area contributed by atoms with E-state index < -0.39 is 7.37 Å². The summed E-state index contributed by atoms with van der Waals surface area (Å²) in [4.78, 5) is 14.3. The van der Waals surface area contributed by atoms with Crippen molar-refractivity contribution in [3.63, 3.8) is 0 Å². The Labute approximate surface area is 183 Å². The maximum atomic E-state index is 11.4. The second-order valence-electron chi connectivity index (χ2n) is 7.24. The molecule has 30 heavy (non-hydrogen) atoms. The molecule has 0 radical (unpaired) electrons. The molecule has 2 aromatic carbocycles. The number of aromatic nitrogens is 1. The van der Waals surface area contributed by atoms with Gasteiger partial charge in [-0.3, -0.25) is 9.55 Å². The van der Waals surface area contributed by atoms with Crippen LogP contribution in [0.3, 0.4) is 0 Å². The highest BCUT2D eigenvalue weighted by Gasteiger charge is 2.11. The molecule has 0 amide bonds. The summed E-state index contributed by atoms with van der Waals surface area (Å²) in [7, 11) is -2.93. The Bertz CT molecular complexity index is 961. The van der Waals surface area contributed by atoms with Gasteiger partial charge >= 0.3 is 0 Å². The molecule has 0 saturated carbocycles. The maximum absolute atomic E-state index is 11.4. The van der Waals surface area contributed by atoms with Gasteiger partial charge in [0, 0.05) is 33.4 Å². The summed E-state index contributed by atoms with van der Waals surface area (Å²) in [6.45, 7) is 8.82. The quantitative estimate of drug-likeness (QED) is 0.312. The molecule has 1 unspecified atom stereocenters. The van der Waals surface area contributed by atoms with Crippen LogP contribution in [0.15, 0.2) is 66.7 Å². The molecular formula is C25H37N2O2P. The predicted molar refractivity (Wildman–Crippen MR) is 132 cm³/mol. The third kappa shape index (κ3) is 7.53. The summed E-state index contributed by atoms with van der Waals surface area (Å²) in [5.74, 6) is 0. The van der Waals surface area contributed by atoms with Crippen LogP contribution in [-0.2, 0) is 11.1 Å². The molecule has 0 aliphatic carbocycles. The second-order valence-corrected chi connectivity index (χ2v) is 9.78. The van der Waals surface area contributed by atoms with E-state index in [0.29, 0.717) is 25.7 Å². The fraction of sp³-hybridized carbons (Fsp3) is 0.320. The van der Waals surface area contributed by atoms with Crippen LogP contribution < -0.4 is 5.32 Å². The predicted octanol–water partition coefficient (Wildman–Crippen LogP) is 6.62. The van der Waals surface area contributed by atoms with Crippen molar-refractivity contribution < 1.29 is 12.3 Å². The van der Waals surface area contributed by atoms with Gasteiger partial charge in [-0.15, -0.1) is 0 Å². The molecule has 3 aromatic rings. The Balaban J connectivity index is 0.00000234. The average molecular weight is 429 g/mol. The van der Waals surface area contributed by atoms with Gasteiger partial charge in [0.15, 0.2) is 7.37 Å². The first-order valence-corrected chi connectivity index (χ1v) is 12.8. The van der Waals surface area contributed by atoms with Crippen LogP contribution in [0.1, 0.15) is 34.4 Å². The monoisotopic (exact) mass is 428 g/mol. The van der Waals surface area contributed by atoms with E-state index in [1.54, 1.807) is 0 Å². The number of pyridine rings is 1. The minimum absolute atomic E-state index is 0. The van der Waals surface area contributed by atoms with E-state index in [9.17, 15) is 9.46 Å². The number of benzene rings is 2. The summed E-state index contributed by atoms with van der Waals surface area (Å²) < 4.78 is 11.4. The van der Waals surface area contributed by atoms with Crippen LogP contribution >= 0.6 is 7.37 Å². The van der Waals surface area contributed by atoms with Gasteiger partial charge in [-0.25, -0.2) is 0 Å². The molecule has 3 rings (SSSR count). The van der Waals surface area contributed by atoms with E-state index in [0.717, 1.165) is 28.1 Å². The van der Waals surface area contributed by atoms with Crippen molar-refractivity contribution in [2.45, 2.75) is 33.7 Å². The number of hydrogen-bond acceptors (Lipinski definition) is 3. The fourth-order valence-corrected chi connectivity index (χ4v) is 3.84. The minimum Gasteiger partial charge on any atom is -0.344 e. The molecule has 0 saturated heterocycles. The van der Waals surface area contributed by atoms with Crippen molar-refractivity contribution in [1.82, 2.24) is 10.3 Å².